The lowest BCUT2D eigenvalue weighted by molar-refractivity contribution is 0.102. The first-order valence-corrected chi connectivity index (χ1v) is 6.14. The van der Waals surface area contributed by atoms with E-state index < -0.39 is 0 Å². The number of carbonyl (C=O) groups is 1. The lowest BCUT2D eigenvalue weighted by Gasteiger charge is -2.07. The van der Waals surface area contributed by atoms with Gasteiger partial charge in [0.25, 0.3) is 5.91 Å². The van der Waals surface area contributed by atoms with Gasteiger partial charge >= 0.3 is 0 Å². The molecule has 0 aliphatic rings. The fourth-order valence-electron chi connectivity index (χ4n) is 1.49. The fraction of sp³-hybridized carbons (Fsp3) is 0.0833. The number of amides is 1. The molecule has 2 rings (SSSR count). The number of aryl methyl sites for hydroxylation is 1. The summed E-state index contributed by atoms with van der Waals surface area (Å²) in [7, 11) is 1.78. The third-order valence-corrected chi connectivity index (χ3v) is 3.00. The Kier molecular flexibility index (Phi) is 3.82. The van der Waals surface area contributed by atoms with E-state index in [1.807, 2.05) is 0 Å². The minimum atomic E-state index is -0.345. The summed E-state index contributed by atoms with van der Waals surface area (Å²) in [5.74, 6) is -0.345. The Morgan fingerprint density at radius 1 is 1.53 bits per heavy atom. The summed E-state index contributed by atoms with van der Waals surface area (Å²) in [4.78, 5) is 16.1. The van der Waals surface area contributed by atoms with Crippen LogP contribution in [0, 0.1) is 0 Å². The van der Waals surface area contributed by atoms with E-state index in [4.69, 9.17) is 29.6 Å². The van der Waals surface area contributed by atoms with Gasteiger partial charge in [0.15, 0.2) is 0 Å². The molecule has 0 saturated heterocycles. The molecule has 7 heteroatoms. The Morgan fingerprint density at radius 3 is 2.84 bits per heavy atom. The second-order valence-corrected chi connectivity index (χ2v) is 4.78. The highest BCUT2D eigenvalue weighted by molar-refractivity contribution is 7.80. The maximum Gasteiger partial charge on any atom is 0.275 e. The van der Waals surface area contributed by atoms with Crippen LogP contribution in [0.3, 0.4) is 0 Å². The Morgan fingerprint density at radius 2 is 2.26 bits per heavy atom. The number of hydrogen-bond acceptors (Lipinski definition) is 3. The van der Waals surface area contributed by atoms with Crippen molar-refractivity contribution in [2.75, 3.05) is 5.32 Å². The zero-order valence-corrected chi connectivity index (χ0v) is 11.6. The quantitative estimate of drug-likeness (QED) is 0.849. The molecule has 0 saturated carbocycles. The number of benzene rings is 1. The number of nitrogens with zero attached hydrogens (tertiary/aromatic N) is 2. The van der Waals surface area contributed by atoms with E-state index in [1.54, 1.807) is 42.3 Å². The topological polar surface area (TPSA) is 72.9 Å². The number of halogens is 1. The van der Waals surface area contributed by atoms with E-state index >= 15 is 0 Å². The van der Waals surface area contributed by atoms with Gasteiger partial charge in [0.05, 0.1) is 17.0 Å². The van der Waals surface area contributed by atoms with Gasteiger partial charge in [0.1, 0.15) is 10.7 Å². The van der Waals surface area contributed by atoms with Crippen LogP contribution in [-0.4, -0.2) is 20.4 Å². The highest BCUT2D eigenvalue weighted by atomic mass is 35.5. The first kappa shape index (κ1) is 13.5. The number of thiocarbonyl (C=S) groups is 1. The molecule has 19 heavy (non-hydrogen) atoms. The summed E-state index contributed by atoms with van der Waals surface area (Å²) in [5.41, 5.74) is 6.92. The van der Waals surface area contributed by atoms with Crippen molar-refractivity contribution in [1.82, 2.24) is 9.55 Å². The molecule has 2 aromatic rings. The van der Waals surface area contributed by atoms with Crippen molar-refractivity contribution in [3.8, 4) is 0 Å². The van der Waals surface area contributed by atoms with E-state index in [0.717, 1.165) is 0 Å². The molecule has 0 spiro atoms. The van der Waals surface area contributed by atoms with Crippen molar-refractivity contribution in [2.45, 2.75) is 0 Å². The van der Waals surface area contributed by atoms with E-state index in [-0.39, 0.29) is 10.9 Å². The molecule has 3 N–H and O–H groups in total. The van der Waals surface area contributed by atoms with Gasteiger partial charge in [-0.05, 0) is 12.1 Å². The van der Waals surface area contributed by atoms with Crippen LogP contribution in [-0.2, 0) is 7.05 Å². The van der Waals surface area contributed by atoms with Crippen molar-refractivity contribution >= 4 is 40.4 Å². The Balaban J connectivity index is 2.25. The molecule has 0 radical (unpaired) electrons. The van der Waals surface area contributed by atoms with E-state index in [0.29, 0.717) is 22.0 Å². The molecule has 5 nitrogen and oxygen atoms in total. The zero-order chi connectivity index (χ0) is 14.0. The van der Waals surface area contributed by atoms with Gasteiger partial charge in [0.2, 0.25) is 0 Å². The zero-order valence-electron chi connectivity index (χ0n) is 10.1. The first-order valence-electron chi connectivity index (χ1n) is 5.36. The standard InChI is InChI=1S/C12H11ClN4OS/c1-17-5-10(15-6-17)12(18)16-9-4-7(11(14)19)2-3-8(9)13/h2-6H,1H3,(H2,14,19)(H,16,18). The third kappa shape index (κ3) is 3.10. The van der Waals surface area contributed by atoms with E-state index in [2.05, 4.69) is 10.3 Å². The molecule has 0 fully saturated rings. The number of nitrogens with one attached hydrogen (secondary N) is 1. The van der Waals surface area contributed by atoms with Crippen LogP contribution in [0.4, 0.5) is 5.69 Å². The average molecular weight is 295 g/mol. The van der Waals surface area contributed by atoms with Crippen molar-refractivity contribution in [2.24, 2.45) is 12.8 Å². The van der Waals surface area contributed by atoms with Crippen LogP contribution < -0.4 is 11.1 Å². The van der Waals surface area contributed by atoms with Crippen LogP contribution >= 0.6 is 23.8 Å². The molecule has 0 aliphatic carbocycles. The van der Waals surface area contributed by atoms with Gasteiger partial charge in [-0.3, -0.25) is 4.79 Å². The molecular weight excluding hydrogens is 284 g/mol. The van der Waals surface area contributed by atoms with Gasteiger partial charge in [-0.2, -0.15) is 0 Å². The van der Waals surface area contributed by atoms with Crippen LogP contribution in [0.5, 0.6) is 0 Å². The molecule has 1 amide bonds. The molecular formula is C12H11ClN4OS. The Bertz CT molecular complexity index is 653. The Hall–Kier alpha value is -1.92. The van der Waals surface area contributed by atoms with Crippen molar-refractivity contribution in [3.05, 3.63) is 47.0 Å². The SMILES string of the molecule is Cn1cnc(C(=O)Nc2cc(C(N)=S)ccc2Cl)c1. The maximum absolute atomic E-state index is 12.0. The summed E-state index contributed by atoms with van der Waals surface area (Å²) >= 11 is 10.9. The number of carbonyl (C=O) groups excluding carboxylic acids is 1. The second kappa shape index (κ2) is 5.38. The van der Waals surface area contributed by atoms with Gasteiger partial charge in [-0.15, -0.1) is 0 Å². The number of rotatable bonds is 3. The summed E-state index contributed by atoms with van der Waals surface area (Å²) in [6.07, 6.45) is 3.16. The predicted octanol–water partition coefficient (Wildman–Crippen LogP) is 1.96. The molecule has 1 aromatic carbocycles. The highest BCUT2D eigenvalue weighted by Gasteiger charge is 2.11. The number of anilines is 1. The predicted molar refractivity (Wildman–Crippen MR) is 78.5 cm³/mol. The molecule has 98 valence electrons. The summed E-state index contributed by atoms with van der Waals surface area (Å²) in [6.45, 7) is 0. The number of nitrogens with two attached hydrogens (primary N) is 1. The first-order chi connectivity index (χ1) is 8.97. The lowest BCUT2D eigenvalue weighted by atomic mass is 10.2. The fourth-order valence-corrected chi connectivity index (χ4v) is 1.78. The summed E-state index contributed by atoms with van der Waals surface area (Å²) < 4.78 is 1.68. The largest absolute Gasteiger partial charge is 0.389 e. The monoisotopic (exact) mass is 294 g/mol. The summed E-state index contributed by atoms with van der Waals surface area (Å²) in [5, 5.41) is 3.08. The maximum atomic E-state index is 12.0. The van der Waals surface area contributed by atoms with E-state index in [1.165, 1.54) is 0 Å². The molecule has 0 aliphatic heterocycles. The average Bonchev–Trinajstić information content (AvgIpc) is 2.78. The van der Waals surface area contributed by atoms with Gasteiger partial charge < -0.3 is 15.6 Å². The molecule has 0 atom stereocenters. The van der Waals surface area contributed by atoms with Gasteiger partial charge in [-0.25, -0.2) is 4.98 Å². The van der Waals surface area contributed by atoms with E-state index in [9.17, 15) is 4.79 Å². The highest BCUT2D eigenvalue weighted by Crippen LogP contribution is 2.23. The molecule has 0 bridgehead atoms. The minimum absolute atomic E-state index is 0.241. The Labute approximate surface area is 120 Å². The van der Waals surface area contributed by atoms with Gasteiger partial charge in [0, 0.05) is 18.8 Å². The molecule has 1 heterocycles. The molecule has 1 aromatic heterocycles. The number of hydrogen-bond donors (Lipinski definition) is 2. The summed E-state index contributed by atoms with van der Waals surface area (Å²) in [6, 6.07) is 4.96. The second-order valence-electron chi connectivity index (χ2n) is 3.94. The molecule has 0 unspecified atom stereocenters. The van der Waals surface area contributed by atoms with Crippen LogP contribution in [0.15, 0.2) is 30.7 Å². The van der Waals surface area contributed by atoms with Crippen LogP contribution in [0.25, 0.3) is 0 Å². The number of aromatic nitrogens is 2. The minimum Gasteiger partial charge on any atom is -0.389 e. The van der Waals surface area contributed by atoms with Crippen molar-refractivity contribution in [1.29, 1.82) is 0 Å². The lowest BCUT2D eigenvalue weighted by Crippen LogP contribution is -2.14. The van der Waals surface area contributed by atoms with Crippen LogP contribution in [0.2, 0.25) is 5.02 Å². The number of imidazole rings is 1. The van der Waals surface area contributed by atoms with Crippen LogP contribution in [0.1, 0.15) is 16.1 Å². The normalized spacial score (nSPS) is 10.2. The van der Waals surface area contributed by atoms with Gasteiger partial charge in [-0.1, -0.05) is 29.9 Å². The van der Waals surface area contributed by atoms with Crippen molar-refractivity contribution < 1.29 is 4.79 Å². The van der Waals surface area contributed by atoms with Crippen molar-refractivity contribution in [3.63, 3.8) is 0 Å². The third-order valence-electron chi connectivity index (χ3n) is 2.44. The smallest absolute Gasteiger partial charge is 0.275 e.